The summed E-state index contributed by atoms with van der Waals surface area (Å²) in [5.41, 5.74) is 1.84. The second-order valence-electron chi connectivity index (χ2n) is 7.26. The summed E-state index contributed by atoms with van der Waals surface area (Å²) < 4.78 is 8.95. The predicted octanol–water partition coefficient (Wildman–Crippen LogP) is 2.63. The van der Waals surface area contributed by atoms with Gasteiger partial charge in [0.2, 0.25) is 5.95 Å². The van der Waals surface area contributed by atoms with Crippen LogP contribution in [0.25, 0.3) is 11.2 Å². The van der Waals surface area contributed by atoms with E-state index in [4.69, 9.17) is 9.72 Å². The molecule has 0 aliphatic carbocycles. The second kappa shape index (κ2) is 7.68. The van der Waals surface area contributed by atoms with Gasteiger partial charge in [-0.1, -0.05) is 0 Å². The van der Waals surface area contributed by atoms with Crippen molar-refractivity contribution in [3.8, 4) is 11.4 Å². The molecule has 1 atom stereocenters. The molecule has 1 aromatic carbocycles. The standard InChI is InChI=1S/C21H23N7O2/c1-30-17-8-6-15(7-9-17)26-12-19(22-14-26)23-20-18-5-3-11-28(18)25-21(24-20)27-10-2-4-16(27)13-29/h3,5-9,11-12,14,16,29H,2,4,10,13H2,1H3,(H,23,24,25)/t16-/m0/s1. The van der Waals surface area contributed by atoms with Crippen LogP contribution >= 0.6 is 0 Å². The molecule has 2 N–H and O–H groups in total. The van der Waals surface area contributed by atoms with Crippen LogP contribution in [-0.4, -0.2) is 55.6 Å². The molecule has 0 saturated carbocycles. The van der Waals surface area contributed by atoms with E-state index >= 15 is 0 Å². The fourth-order valence-corrected chi connectivity index (χ4v) is 3.83. The van der Waals surface area contributed by atoms with E-state index in [0.717, 1.165) is 36.3 Å². The van der Waals surface area contributed by atoms with E-state index in [1.807, 2.05) is 53.4 Å². The molecule has 9 nitrogen and oxygen atoms in total. The third kappa shape index (κ3) is 3.33. The molecule has 5 rings (SSSR count). The molecule has 1 fully saturated rings. The highest BCUT2D eigenvalue weighted by Gasteiger charge is 2.27. The average Bonchev–Trinajstić information content (AvgIpc) is 3.53. The van der Waals surface area contributed by atoms with Crippen LogP contribution in [0.1, 0.15) is 12.8 Å². The minimum atomic E-state index is 0.0557. The van der Waals surface area contributed by atoms with Gasteiger partial charge in [-0.2, -0.15) is 4.98 Å². The molecule has 1 aliphatic rings. The summed E-state index contributed by atoms with van der Waals surface area (Å²) in [4.78, 5) is 11.3. The highest BCUT2D eigenvalue weighted by molar-refractivity contribution is 5.73. The zero-order chi connectivity index (χ0) is 20.5. The Morgan fingerprint density at radius 2 is 2.10 bits per heavy atom. The van der Waals surface area contributed by atoms with Crippen LogP contribution in [0.3, 0.4) is 0 Å². The van der Waals surface area contributed by atoms with Crippen LogP contribution in [0.15, 0.2) is 55.1 Å². The SMILES string of the molecule is COc1ccc(-n2cnc(Nc3nc(N4CCC[C@H]4CO)nn4cccc34)c2)cc1. The Morgan fingerprint density at radius 1 is 1.23 bits per heavy atom. The van der Waals surface area contributed by atoms with Gasteiger partial charge in [-0.15, -0.1) is 5.10 Å². The quantitative estimate of drug-likeness (QED) is 0.509. The molecule has 9 heteroatoms. The largest absolute Gasteiger partial charge is 0.497 e. The number of aromatic nitrogens is 5. The Morgan fingerprint density at radius 3 is 2.90 bits per heavy atom. The summed E-state index contributed by atoms with van der Waals surface area (Å²) >= 11 is 0. The van der Waals surface area contributed by atoms with E-state index in [2.05, 4.69) is 20.3 Å². The van der Waals surface area contributed by atoms with Gasteiger partial charge in [-0.05, 0) is 49.2 Å². The van der Waals surface area contributed by atoms with Crippen LogP contribution in [0.2, 0.25) is 0 Å². The van der Waals surface area contributed by atoms with E-state index in [1.54, 1.807) is 18.0 Å². The highest BCUT2D eigenvalue weighted by atomic mass is 16.5. The van der Waals surface area contributed by atoms with E-state index in [1.165, 1.54) is 0 Å². The van der Waals surface area contributed by atoms with Crippen molar-refractivity contribution in [1.29, 1.82) is 0 Å². The fourth-order valence-electron chi connectivity index (χ4n) is 3.83. The van der Waals surface area contributed by atoms with Gasteiger partial charge in [0, 0.05) is 18.4 Å². The minimum Gasteiger partial charge on any atom is -0.497 e. The van der Waals surface area contributed by atoms with Crippen LogP contribution in [0.4, 0.5) is 17.6 Å². The third-order valence-electron chi connectivity index (χ3n) is 5.42. The number of imidazole rings is 1. The molecule has 1 saturated heterocycles. The Balaban J connectivity index is 1.45. The molecule has 0 bridgehead atoms. The number of anilines is 3. The molecule has 4 heterocycles. The topological polar surface area (TPSA) is 92.7 Å². The summed E-state index contributed by atoms with van der Waals surface area (Å²) in [6.07, 6.45) is 7.52. The lowest BCUT2D eigenvalue weighted by Crippen LogP contribution is -2.34. The fraction of sp³-hybridized carbons (Fsp3) is 0.286. The van der Waals surface area contributed by atoms with Gasteiger partial charge < -0.3 is 24.6 Å². The first kappa shape index (κ1) is 18.4. The Kier molecular flexibility index (Phi) is 4.72. The van der Waals surface area contributed by atoms with Crippen LogP contribution in [0, 0.1) is 0 Å². The van der Waals surface area contributed by atoms with Gasteiger partial charge in [0.15, 0.2) is 5.82 Å². The molecule has 0 unspecified atom stereocenters. The van der Waals surface area contributed by atoms with Gasteiger partial charge in [0.1, 0.15) is 23.4 Å². The number of ether oxygens (including phenoxy) is 1. The number of nitrogens with one attached hydrogen (secondary N) is 1. The molecule has 1 aliphatic heterocycles. The maximum atomic E-state index is 9.68. The number of aliphatic hydroxyl groups excluding tert-OH is 1. The first-order valence-corrected chi connectivity index (χ1v) is 9.93. The molecule has 30 heavy (non-hydrogen) atoms. The van der Waals surface area contributed by atoms with Crippen molar-refractivity contribution in [3.05, 3.63) is 55.1 Å². The van der Waals surface area contributed by atoms with E-state index in [-0.39, 0.29) is 12.6 Å². The summed E-state index contributed by atoms with van der Waals surface area (Å²) in [7, 11) is 1.65. The molecule has 3 aromatic heterocycles. The second-order valence-corrected chi connectivity index (χ2v) is 7.26. The van der Waals surface area contributed by atoms with Crippen molar-refractivity contribution in [3.63, 3.8) is 0 Å². The molecule has 0 amide bonds. The lowest BCUT2D eigenvalue weighted by molar-refractivity contribution is 0.265. The number of hydrogen-bond acceptors (Lipinski definition) is 7. The Hall–Kier alpha value is -3.59. The molecular formula is C21H23N7O2. The molecule has 154 valence electrons. The van der Waals surface area contributed by atoms with Gasteiger partial charge >= 0.3 is 0 Å². The number of aliphatic hydroxyl groups is 1. The van der Waals surface area contributed by atoms with Gasteiger partial charge in [-0.25, -0.2) is 9.50 Å². The van der Waals surface area contributed by atoms with Crippen molar-refractivity contribution in [2.75, 3.05) is 30.5 Å². The van der Waals surface area contributed by atoms with Gasteiger partial charge in [0.25, 0.3) is 0 Å². The summed E-state index contributed by atoms with van der Waals surface area (Å²) in [6, 6.07) is 11.7. The highest BCUT2D eigenvalue weighted by Crippen LogP contribution is 2.26. The Labute approximate surface area is 173 Å². The molecule has 4 aromatic rings. The smallest absolute Gasteiger partial charge is 0.245 e. The number of fused-ring (bicyclic) bond motifs is 1. The van der Waals surface area contributed by atoms with Gasteiger partial charge in [0.05, 0.1) is 26.0 Å². The van der Waals surface area contributed by atoms with Crippen molar-refractivity contribution in [2.24, 2.45) is 0 Å². The number of nitrogens with zero attached hydrogens (tertiary/aromatic N) is 6. The first-order valence-electron chi connectivity index (χ1n) is 9.93. The van der Waals surface area contributed by atoms with Gasteiger partial charge in [-0.3, -0.25) is 0 Å². The predicted molar refractivity (Wildman–Crippen MR) is 114 cm³/mol. The number of rotatable bonds is 6. The maximum Gasteiger partial charge on any atom is 0.245 e. The monoisotopic (exact) mass is 405 g/mol. The van der Waals surface area contributed by atoms with Crippen molar-refractivity contribution in [1.82, 2.24) is 24.1 Å². The Bertz CT molecular complexity index is 1150. The van der Waals surface area contributed by atoms with Crippen LogP contribution in [-0.2, 0) is 0 Å². The van der Waals surface area contributed by atoms with E-state index < -0.39 is 0 Å². The molecular weight excluding hydrogens is 382 g/mol. The van der Waals surface area contributed by atoms with Crippen LogP contribution < -0.4 is 15.0 Å². The van der Waals surface area contributed by atoms with E-state index in [0.29, 0.717) is 17.6 Å². The number of methoxy groups -OCH3 is 1. The lowest BCUT2D eigenvalue weighted by Gasteiger charge is -2.23. The minimum absolute atomic E-state index is 0.0557. The number of benzene rings is 1. The summed E-state index contributed by atoms with van der Waals surface area (Å²) in [5.74, 6) is 2.77. The summed E-state index contributed by atoms with van der Waals surface area (Å²) in [6.45, 7) is 0.936. The van der Waals surface area contributed by atoms with Crippen LogP contribution in [0.5, 0.6) is 5.75 Å². The first-order chi connectivity index (χ1) is 14.7. The zero-order valence-corrected chi connectivity index (χ0v) is 16.6. The van der Waals surface area contributed by atoms with E-state index in [9.17, 15) is 5.11 Å². The normalized spacial score (nSPS) is 16.3. The average molecular weight is 405 g/mol. The zero-order valence-electron chi connectivity index (χ0n) is 16.6. The third-order valence-corrected chi connectivity index (χ3v) is 5.42. The number of hydrogen-bond donors (Lipinski definition) is 2. The van der Waals surface area contributed by atoms with Crippen molar-refractivity contribution in [2.45, 2.75) is 18.9 Å². The molecule has 0 radical (unpaired) electrons. The molecule has 0 spiro atoms. The lowest BCUT2D eigenvalue weighted by atomic mass is 10.2. The van der Waals surface area contributed by atoms with Crippen molar-refractivity contribution >= 4 is 23.1 Å². The summed E-state index contributed by atoms with van der Waals surface area (Å²) in [5, 5.41) is 17.6. The van der Waals surface area contributed by atoms with Crippen molar-refractivity contribution < 1.29 is 9.84 Å². The maximum absolute atomic E-state index is 9.68.